The van der Waals surface area contributed by atoms with Gasteiger partial charge < -0.3 is 14.1 Å². The molecule has 0 amide bonds. The summed E-state index contributed by atoms with van der Waals surface area (Å²) in [6.07, 6.45) is 10.8. The van der Waals surface area contributed by atoms with Gasteiger partial charge in [0.25, 0.3) is 0 Å². The van der Waals surface area contributed by atoms with Crippen LogP contribution in [0.5, 0.6) is 0 Å². The molecule has 72 heavy (non-hydrogen) atoms. The van der Waals surface area contributed by atoms with Crippen LogP contribution in [0.4, 0.5) is 17.1 Å². The quantitative estimate of drug-likeness (QED) is 0.0743. The third kappa shape index (κ3) is 6.27. The number of thiol groups is 1. The Bertz CT molecular complexity index is 3740. The molecule has 0 radical (unpaired) electrons. The number of rotatable bonds is 7. The number of fused-ring (bicyclic) bond motifs is 15. The molecule has 0 N–H and O–H groups in total. The van der Waals surface area contributed by atoms with E-state index in [1.807, 2.05) is 11.8 Å². The standard InChI is InChI=1S/C66H61BN2OS2/c1-7-8-10-17-40-24-27-43(28-25-40)69-53-37-57-47(45-21-14-16-23-56(45)71-57)34-49(53)60-61-54(35-48-44-20-13-15-22-55(44)70-64(48)60)68(52-36-51-50(32-39(52)2)65(3,4)30-31-66(51,5)6)63-46-29-26-42(41-18-11-9-12-19-41)33-58(46)72-38-59(72)62(63)67(61)69/h9,11-16,18-29,32-33,35-37,47,59,72H,7-8,10,17,30-31,34,38H2,1-6H3. The molecule has 3 nitrogen and oxygen atoms in total. The zero-order chi connectivity index (χ0) is 48.4. The Morgan fingerprint density at radius 1 is 0.750 bits per heavy atom. The van der Waals surface area contributed by atoms with E-state index in [0.29, 0.717) is 11.2 Å². The molecule has 0 bridgehead atoms. The summed E-state index contributed by atoms with van der Waals surface area (Å²) in [4.78, 5) is 10.1. The summed E-state index contributed by atoms with van der Waals surface area (Å²) in [5.41, 5.74) is 25.9. The molecule has 356 valence electrons. The van der Waals surface area contributed by atoms with Crippen LogP contribution in [-0.2, 0) is 17.3 Å². The summed E-state index contributed by atoms with van der Waals surface area (Å²) >= 11 is 1.99. The summed E-state index contributed by atoms with van der Waals surface area (Å²) in [6.45, 7) is 14.6. The van der Waals surface area contributed by atoms with Crippen LogP contribution in [0.2, 0.25) is 0 Å². The van der Waals surface area contributed by atoms with Gasteiger partial charge in [-0.15, -0.1) is 0 Å². The number of benzene rings is 7. The molecule has 3 atom stereocenters. The lowest BCUT2D eigenvalue weighted by Gasteiger charge is -2.50. The maximum atomic E-state index is 7.32. The molecule has 1 fully saturated rings. The zero-order valence-electron chi connectivity index (χ0n) is 42.4. The van der Waals surface area contributed by atoms with Gasteiger partial charge in [-0.1, -0.05) is 156 Å². The third-order valence-corrected chi connectivity index (χ3v) is 21.7. The topological polar surface area (TPSA) is 19.6 Å². The average Bonchev–Trinajstić information content (AvgIpc) is 4.00. The predicted molar refractivity (Wildman–Crippen MR) is 309 cm³/mol. The normalized spacial score (nSPS) is 21.9. The number of allylic oxidation sites excluding steroid dienone is 3. The maximum absolute atomic E-state index is 7.32. The van der Waals surface area contributed by atoms with Crippen LogP contribution in [0.25, 0.3) is 44.3 Å². The van der Waals surface area contributed by atoms with Gasteiger partial charge in [0.1, 0.15) is 11.2 Å². The molecular weight excluding hydrogens is 912 g/mol. The zero-order valence-corrected chi connectivity index (χ0v) is 44.1. The minimum atomic E-state index is -0.413. The molecule has 3 unspecified atom stereocenters. The first-order chi connectivity index (χ1) is 35.1. The number of para-hydroxylation sites is 1. The Morgan fingerprint density at radius 3 is 2.33 bits per heavy atom. The number of aryl methyl sites for hydroxylation is 2. The SMILES string of the molecule is CCCCCc1ccc(N2B3C4=C(c5ccc(-c6ccccc6)cc5[SH]5CC45)N(c4cc5c(cc4C)C(C)(C)CCC5(C)C)c4cc5c(oc6ccccc65)c(c43)C3=C2C=C2Sc4ccccc4C2C3)cc1. The Kier molecular flexibility index (Phi) is 9.50. The van der Waals surface area contributed by atoms with Crippen molar-refractivity contribution in [3.8, 4) is 11.1 Å². The Morgan fingerprint density at radius 2 is 1.51 bits per heavy atom. The molecule has 1 aromatic heterocycles. The van der Waals surface area contributed by atoms with Crippen molar-refractivity contribution < 1.29 is 4.42 Å². The number of unbranched alkanes of at least 4 members (excludes halogenated alkanes) is 2. The highest BCUT2D eigenvalue weighted by molar-refractivity contribution is 8.24. The number of thioether (sulfide) groups is 1. The van der Waals surface area contributed by atoms with Gasteiger partial charge >= 0.3 is 6.85 Å². The monoisotopic (exact) mass is 972 g/mol. The van der Waals surface area contributed by atoms with Crippen LogP contribution in [-0.4, -0.2) is 17.9 Å². The van der Waals surface area contributed by atoms with Crippen LogP contribution in [0.3, 0.4) is 0 Å². The van der Waals surface area contributed by atoms with Crippen molar-refractivity contribution >= 4 is 85.2 Å². The molecule has 15 rings (SSSR count). The van der Waals surface area contributed by atoms with Crippen molar-refractivity contribution in [3.05, 3.63) is 201 Å². The van der Waals surface area contributed by atoms with Crippen LogP contribution < -0.4 is 15.2 Å². The van der Waals surface area contributed by atoms with Crippen LogP contribution in [0.1, 0.15) is 118 Å². The first kappa shape index (κ1) is 43.5. The van der Waals surface area contributed by atoms with Gasteiger partial charge in [-0.2, -0.15) is 0 Å². The largest absolute Gasteiger partial charge is 0.455 e. The summed E-state index contributed by atoms with van der Waals surface area (Å²) < 4.78 is 7.32. The van der Waals surface area contributed by atoms with Crippen molar-refractivity contribution in [2.45, 2.75) is 118 Å². The summed E-state index contributed by atoms with van der Waals surface area (Å²) in [7, 11) is -0.413. The maximum Gasteiger partial charge on any atom is 0.330 e. The number of nitrogens with zero attached hydrogens (tertiary/aromatic N) is 2. The highest BCUT2D eigenvalue weighted by atomic mass is 32.2. The summed E-state index contributed by atoms with van der Waals surface area (Å²) in [5, 5.41) is 2.86. The number of hydrogen-bond donors (Lipinski definition) is 1. The molecule has 6 heteroatoms. The van der Waals surface area contributed by atoms with E-state index < -0.39 is 10.9 Å². The van der Waals surface area contributed by atoms with E-state index in [2.05, 4.69) is 197 Å². The highest BCUT2D eigenvalue weighted by Gasteiger charge is 2.58. The van der Waals surface area contributed by atoms with Crippen molar-refractivity contribution in [2.75, 3.05) is 15.5 Å². The van der Waals surface area contributed by atoms with Gasteiger partial charge in [0.05, 0.1) is 0 Å². The van der Waals surface area contributed by atoms with E-state index in [1.54, 1.807) is 10.4 Å². The lowest BCUT2D eigenvalue weighted by Crippen LogP contribution is -2.59. The molecule has 7 aliphatic rings. The summed E-state index contributed by atoms with van der Waals surface area (Å²) in [6, 6.07) is 54.3. The van der Waals surface area contributed by atoms with Crippen LogP contribution in [0.15, 0.2) is 176 Å². The molecule has 1 saturated heterocycles. The van der Waals surface area contributed by atoms with Gasteiger partial charge in [0.15, 0.2) is 0 Å². The minimum Gasteiger partial charge on any atom is -0.455 e. The number of furan rings is 1. The second kappa shape index (κ2) is 15.7. The fourth-order valence-electron chi connectivity index (χ4n) is 14.1. The Labute approximate surface area is 432 Å². The fraction of sp³-hybridized carbons (Fsp3) is 0.273. The lowest BCUT2D eigenvalue weighted by molar-refractivity contribution is 0.332. The van der Waals surface area contributed by atoms with Crippen molar-refractivity contribution in [3.63, 3.8) is 0 Å². The minimum absolute atomic E-state index is 0.0153. The highest BCUT2D eigenvalue weighted by Crippen LogP contribution is 2.69. The van der Waals surface area contributed by atoms with Crippen molar-refractivity contribution in [2.24, 2.45) is 0 Å². The van der Waals surface area contributed by atoms with Crippen molar-refractivity contribution in [1.82, 2.24) is 0 Å². The van der Waals surface area contributed by atoms with E-state index in [1.165, 1.54) is 148 Å². The lowest BCUT2D eigenvalue weighted by atomic mass is 9.41. The Balaban J connectivity index is 1.07. The van der Waals surface area contributed by atoms with Crippen LogP contribution >= 0.6 is 22.7 Å². The molecule has 2 aliphatic carbocycles. The Hall–Kier alpha value is -6.08. The van der Waals surface area contributed by atoms with E-state index in [4.69, 9.17) is 4.42 Å². The second-order valence-corrected chi connectivity index (χ2v) is 26.7. The molecular formula is C66H61BN2OS2. The van der Waals surface area contributed by atoms with E-state index in [9.17, 15) is 0 Å². The summed E-state index contributed by atoms with van der Waals surface area (Å²) in [5.74, 6) is 1.52. The molecule has 8 aromatic rings. The molecule has 0 spiro atoms. The fourth-order valence-corrected chi connectivity index (χ4v) is 17.9. The first-order valence-electron chi connectivity index (χ1n) is 26.8. The predicted octanol–water partition coefficient (Wildman–Crippen LogP) is 17.1. The molecule has 7 aromatic carbocycles. The van der Waals surface area contributed by atoms with Gasteiger partial charge in [-0.25, -0.2) is 10.9 Å². The third-order valence-electron chi connectivity index (χ3n) is 18.0. The van der Waals surface area contributed by atoms with Crippen molar-refractivity contribution in [1.29, 1.82) is 0 Å². The van der Waals surface area contributed by atoms with Gasteiger partial charge in [-0.3, -0.25) is 0 Å². The molecule has 6 heterocycles. The van der Waals surface area contributed by atoms with Gasteiger partial charge in [-0.05, 0) is 169 Å². The average molecular weight is 973 g/mol. The van der Waals surface area contributed by atoms with E-state index in [-0.39, 0.29) is 17.7 Å². The van der Waals surface area contributed by atoms with E-state index in [0.717, 1.165) is 24.0 Å². The molecule has 5 aliphatic heterocycles. The van der Waals surface area contributed by atoms with Gasteiger partial charge in [0, 0.05) is 66.4 Å². The van der Waals surface area contributed by atoms with Gasteiger partial charge in [0.2, 0.25) is 0 Å². The first-order valence-corrected chi connectivity index (χ1v) is 29.2. The van der Waals surface area contributed by atoms with E-state index >= 15 is 0 Å². The number of anilines is 3. The second-order valence-electron chi connectivity index (χ2n) is 23.2. The molecule has 0 saturated carbocycles. The van der Waals surface area contributed by atoms with Crippen LogP contribution in [0, 0.1) is 6.92 Å². The number of hydrogen-bond acceptors (Lipinski definition) is 4. The smallest absolute Gasteiger partial charge is 0.330 e.